The Balaban J connectivity index is 3.05. The summed E-state index contributed by atoms with van der Waals surface area (Å²) in [6, 6.07) is 2.03. The zero-order valence-electron chi connectivity index (χ0n) is 7.53. The number of hydrogen-bond acceptors (Lipinski definition) is 4. The lowest BCUT2D eigenvalue weighted by atomic mass is 10.1. The lowest BCUT2D eigenvalue weighted by Gasteiger charge is -2.10. The molecule has 1 atom stereocenters. The van der Waals surface area contributed by atoms with Gasteiger partial charge in [0.2, 0.25) is 0 Å². The van der Waals surface area contributed by atoms with E-state index in [-0.39, 0.29) is 11.3 Å². The number of hydrogen-bond donors (Lipinski definition) is 2. The highest BCUT2D eigenvalue weighted by Crippen LogP contribution is 2.23. The zero-order chi connectivity index (χ0) is 10.7. The number of esters is 1. The van der Waals surface area contributed by atoms with E-state index in [1.54, 1.807) is 0 Å². The van der Waals surface area contributed by atoms with E-state index in [0.717, 1.165) is 18.2 Å². The average molecular weight is 199 g/mol. The van der Waals surface area contributed by atoms with Crippen LogP contribution in [-0.2, 0) is 9.53 Å². The highest BCUT2D eigenvalue weighted by atomic mass is 19.1. The number of benzene rings is 1. The maximum absolute atomic E-state index is 12.8. The fraction of sp³-hybridized carbons (Fsp3) is 0.222. The number of carbonyl (C=O) groups excluding carboxylic acids is 1. The monoisotopic (exact) mass is 199 g/mol. The average Bonchev–Trinajstić information content (AvgIpc) is 2.19. The van der Waals surface area contributed by atoms with Crippen LogP contribution in [0.2, 0.25) is 0 Å². The van der Waals surface area contributed by atoms with Crippen molar-refractivity contribution in [3.05, 3.63) is 29.6 Å². The van der Waals surface area contributed by atoms with E-state index in [0.29, 0.717) is 0 Å². The summed E-state index contributed by atoms with van der Waals surface area (Å²) in [5.74, 6) is -1.53. The molecule has 0 aromatic heterocycles. The van der Waals surface area contributed by atoms with Crippen molar-refractivity contribution in [3.8, 4) is 5.75 Å². The first-order valence-corrected chi connectivity index (χ1v) is 3.88. The Labute approximate surface area is 80.1 Å². The third-order valence-corrected chi connectivity index (χ3v) is 1.78. The van der Waals surface area contributed by atoms with Gasteiger partial charge in [0.1, 0.15) is 17.6 Å². The van der Waals surface area contributed by atoms with Gasteiger partial charge < -0.3 is 15.6 Å². The van der Waals surface area contributed by atoms with Gasteiger partial charge in [-0.2, -0.15) is 0 Å². The molecule has 0 aliphatic carbocycles. The van der Waals surface area contributed by atoms with Crippen LogP contribution < -0.4 is 5.73 Å². The van der Waals surface area contributed by atoms with Gasteiger partial charge in [-0.25, -0.2) is 4.39 Å². The van der Waals surface area contributed by atoms with Crippen LogP contribution in [0.1, 0.15) is 11.6 Å². The van der Waals surface area contributed by atoms with Crippen molar-refractivity contribution in [3.63, 3.8) is 0 Å². The largest absolute Gasteiger partial charge is 0.508 e. The van der Waals surface area contributed by atoms with E-state index in [1.165, 1.54) is 7.11 Å². The second-order valence-electron chi connectivity index (χ2n) is 2.70. The summed E-state index contributed by atoms with van der Waals surface area (Å²) in [4.78, 5) is 11.0. The quantitative estimate of drug-likeness (QED) is 0.688. The van der Waals surface area contributed by atoms with E-state index in [4.69, 9.17) is 5.73 Å². The van der Waals surface area contributed by atoms with Crippen molar-refractivity contribution in [2.24, 2.45) is 5.73 Å². The van der Waals surface area contributed by atoms with Crippen molar-refractivity contribution in [1.29, 1.82) is 0 Å². The molecule has 1 unspecified atom stereocenters. The van der Waals surface area contributed by atoms with Crippen molar-refractivity contribution >= 4 is 5.97 Å². The fourth-order valence-corrected chi connectivity index (χ4v) is 1.03. The molecular weight excluding hydrogens is 189 g/mol. The van der Waals surface area contributed by atoms with E-state index < -0.39 is 17.8 Å². The van der Waals surface area contributed by atoms with Crippen LogP contribution in [0.5, 0.6) is 5.75 Å². The normalized spacial score (nSPS) is 12.2. The Hall–Kier alpha value is -1.62. The molecule has 14 heavy (non-hydrogen) atoms. The van der Waals surface area contributed by atoms with E-state index in [2.05, 4.69) is 4.74 Å². The van der Waals surface area contributed by atoms with Crippen LogP contribution in [0.4, 0.5) is 4.39 Å². The van der Waals surface area contributed by atoms with Crippen LogP contribution >= 0.6 is 0 Å². The van der Waals surface area contributed by atoms with Gasteiger partial charge >= 0.3 is 5.97 Å². The molecule has 1 rings (SSSR count). The third kappa shape index (κ3) is 2.00. The minimum atomic E-state index is -1.17. The molecule has 0 heterocycles. The fourth-order valence-electron chi connectivity index (χ4n) is 1.03. The third-order valence-electron chi connectivity index (χ3n) is 1.78. The highest BCUT2D eigenvalue weighted by molar-refractivity contribution is 5.78. The molecule has 5 heteroatoms. The van der Waals surface area contributed by atoms with Crippen molar-refractivity contribution in [2.75, 3.05) is 7.11 Å². The van der Waals surface area contributed by atoms with Crippen LogP contribution in [0.25, 0.3) is 0 Å². The summed E-state index contributed by atoms with van der Waals surface area (Å²) in [6.45, 7) is 0. The maximum Gasteiger partial charge on any atom is 0.327 e. The Bertz CT molecular complexity index is 354. The van der Waals surface area contributed by atoms with Gasteiger partial charge in [0.15, 0.2) is 0 Å². The Kier molecular flexibility index (Phi) is 3.03. The highest BCUT2D eigenvalue weighted by Gasteiger charge is 2.19. The van der Waals surface area contributed by atoms with E-state index >= 15 is 0 Å². The lowest BCUT2D eigenvalue weighted by Crippen LogP contribution is -2.22. The molecule has 0 fully saturated rings. The topological polar surface area (TPSA) is 72.5 Å². The standard InChI is InChI=1S/C9H10FNO3/c1-14-9(13)8(11)6-4-5(10)2-3-7(6)12/h2-4,8,12H,11H2,1H3. The molecule has 0 spiro atoms. The van der Waals surface area contributed by atoms with Crippen LogP contribution in [0.15, 0.2) is 18.2 Å². The van der Waals surface area contributed by atoms with Gasteiger partial charge in [0.25, 0.3) is 0 Å². The van der Waals surface area contributed by atoms with Crippen LogP contribution in [0, 0.1) is 5.82 Å². The predicted molar refractivity (Wildman–Crippen MR) is 47.0 cm³/mol. The zero-order valence-corrected chi connectivity index (χ0v) is 7.53. The molecule has 1 aromatic rings. The maximum atomic E-state index is 12.8. The number of carbonyl (C=O) groups is 1. The molecule has 0 aliphatic rings. The van der Waals surface area contributed by atoms with Gasteiger partial charge in [-0.15, -0.1) is 0 Å². The second-order valence-corrected chi connectivity index (χ2v) is 2.70. The molecular formula is C9H10FNO3. The minimum absolute atomic E-state index is 0.0110. The number of phenols is 1. The number of rotatable bonds is 2. The number of phenolic OH excluding ortho intramolecular Hbond substituents is 1. The number of ether oxygens (including phenoxy) is 1. The molecule has 3 N–H and O–H groups in total. The summed E-state index contributed by atoms with van der Waals surface area (Å²) in [5.41, 5.74) is 5.43. The molecule has 76 valence electrons. The first kappa shape index (κ1) is 10.5. The van der Waals surface area contributed by atoms with Gasteiger partial charge in [-0.3, -0.25) is 4.79 Å². The molecule has 0 aliphatic heterocycles. The summed E-state index contributed by atoms with van der Waals surface area (Å²) in [7, 11) is 1.17. The Morgan fingerprint density at radius 1 is 1.64 bits per heavy atom. The van der Waals surface area contributed by atoms with Crippen molar-refractivity contribution in [2.45, 2.75) is 6.04 Å². The molecule has 0 amide bonds. The molecule has 0 saturated carbocycles. The summed E-state index contributed by atoms with van der Waals surface area (Å²) < 4.78 is 17.1. The second kappa shape index (κ2) is 4.06. The van der Waals surface area contributed by atoms with E-state index in [1.807, 2.05) is 0 Å². The summed E-state index contributed by atoms with van der Waals surface area (Å²) >= 11 is 0. The number of methoxy groups -OCH3 is 1. The SMILES string of the molecule is COC(=O)C(N)c1cc(F)ccc1O. The minimum Gasteiger partial charge on any atom is -0.508 e. The summed E-state index contributed by atoms with van der Waals surface area (Å²) in [6.07, 6.45) is 0. The smallest absolute Gasteiger partial charge is 0.327 e. The summed E-state index contributed by atoms with van der Waals surface area (Å²) in [5, 5.41) is 9.30. The van der Waals surface area contributed by atoms with Gasteiger partial charge in [0.05, 0.1) is 7.11 Å². The Morgan fingerprint density at radius 3 is 2.86 bits per heavy atom. The van der Waals surface area contributed by atoms with Gasteiger partial charge in [0, 0.05) is 5.56 Å². The van der Waals surface area contributed by atoms with Crippen molar-refractivity contribution < 1.29 is 19.0 Å². The van der Waals surface area contributed by atoms with Crippen molar-refractivity contribution in [1.82, 2.24) is 0 Å². The molecule has 4 nitrogen and oxygen atoms in total. The number of aromatic hydroxyl groups is 1. The predicted octanol–water partition coefficient (Wildman–Crippen LogP) is 0.704. The molecule has 0 radical (unpaired) electrons. The Morgan fingerprint density at radius 2 is 2.29 bits per heavy atom. The van der Waals surface area contributed by atoms with Gasteiger partial charge in [-0.1, -0.05) is 0 Å². The number of halogens is 1. The van der Waals surface area contributed by atoms with Crippen LogP contribution in [-0.4, -0.2) is 18.2 Å². The first-order chi connectivity index (χ1) is 6.56. The van der Waals surface area contributed by atoms with Gasteiger partial charge in [-0.05, 0) is 18.2 Å². The first-order valence-electron chi connectivity index (χ1n) is 3.88. The molecule has 0 bridgehead atoms. The number of nitrogens with two attached hydrogens (primary N) is 1. The van der Waals surface area contributed by atoms with E-state index in [9.17, 15) is 14.3 Å². The molecule has 1 aromatic carbocycles. The lowest BCUT2D eigenvalue weighted by molar-refractivity contribution is -0.142. The van der Waals surface area contributed by atoms with Crippen LogP contribution in [0.3, 0.4) is 0 Å². The molecule has 0 saturated heterocycles.